The molecule has 0 saturated carbocycles. The molecular formula is C5H15O8P. The van der Waals surface area contributed by atoms with E-state index < -0.39 is 19.4 Å². The summed E-state index contributed by atoms with van der Waals surface area (Å²) >= 11 is 0. The van der Waals surface area contributed by atoms with Gasteiger partial charge in [-0.15, -0.1) is 0 Å². The van der Waals surface area contributed by atoms with E-state index in [-0.39, 0.29) is 6.42 Å². The van der Waals surface area contributed by atoms with E-state index in [2.05, 4.69) is 0 Å². The van der Waals surface area contributed by atoms with Crippen molar-refractivity contribution < 1.29 is 39.7 Å². The van der Waals surface area contributed by atoms with E-state index in [1.807, 2.05) is 0 Å². The molecule has 14 heavy (non-hydrogen) atoms. The van der Waals surface area contributed by atoms with Crippen LogP contribution in [0.2, 0.25) is 0 Å². The quantitative estimate of drug-likeness (QED) is 0.210. The van der Waals surface area contributed by atoms with Gasteiger partial charge in [-0.3, -0.25) is 0 Å². The normalized spacial score (nSPS) is 13.2. The molecule has 0 spiro atoms. The van der Waals surface area contributed by atoms with E-state index >= 15 is 0 Å². The van der Waals surface area contributed by atoms with E-state index in [1.54, 1.807) is 0 Å². The largest absolute Gasteiger partial charge is 0.466 e. The Kier molecular flexibility index (Phi) is 6.03. The fraction of sp³-hybridized carbons (Fsp3) is 1.00. The molecule has 9 heteroatoms. The first kappa shape index (κ1) is 16.4. The fourth-order valence-corrected chi connectivity index (χ4v) is 0.335. The predicted molar refractivity (Wildman–Crippen MR) is 44.6 cm³/mol. The lowest BCUT2D eigenvalue weighted by atomic mass is 10.1. The molecule has 0 atom stereocenters. The number of rotatable bonds is 2. The summed E-state index contributed by atoms with van der Waals surface area (Å²) in [5.74, 6) is -4.85. The van der Waals surface area contributed by atoms with Crippen molar-refractivity contribution >= 4 is 7.82 Å². The van der Waals surface area contributed by atoms with Crippen LogP contribution in [0.25, 0.3) is 0 Å². The molecule has 0 amide bonds. The maximum atomic E-state index is 8.88. The van der Waals surface area contributed by atoms with Gasteiger partial charge in [-0.25, -0.2) is 4.57 Å². The van der Waals surface area contributed by atoms with Crippen molar-refractivity contribution in [1.82, 2.24) is 0 Å². The second kappa shape index (κ2) is 5.15. The van der Waals surface area contributed by atoms with Crippen molar-refractivity contribution in [2.75, 3.05) is 0 Å². The standard InChI is InChI=1S/C5H12O4.H3O4P/c1-3-5(8,9)4(2,6)7;1-5(2,3)4/h6-9H,3H2,1-2H3;(H3,1,2,3,4). The SMILES string of the molecule is CCC(O)(O)C(C)(O)O.O=P(O)(O)O. The average molecular weight is 234 g/mol. The minimum Gasteiger partial charge on any atom is -0.362 e. The van der Waals surface area contributed by atoms with Crippen LogP contribution in [-0.4, -0.2) is 46.7 Å². The minimum atomic E-state index is -4.64. The zero-order valence-corrected chi connectivity index (χ0v) is 8.59. The van der Waals surface area contributed by atoms with Gasteiger partial charge in [0, 0.05) is 6.42 Å². The molecule has 88 valence electrons. The Morgan fingerprint density at radius 2 is 1.29 bits per heavy atom. The summed E-state index contributed by atoms with van der Waals surface area (Å²) in [6.45, 7) is 2.35. The number of hydrogen-bond donors (Lipinski definition) is 7. The van der Waals surface area contributed by atoms with Crippen LogP contribution in [0.15, 0.2) is 0 Å². The van der Waals surface area contributed by atoms with Gasteiger partial charge in [0.2, 0.25) is 11.6 Å². The van der Waals surface area contributed by atoms with Gasteiger partial charge >= 0.3 is 7.82 Å². The zero-order chi connectivity index (χ0) is 12.2. The molecule has 0 aliphatic carbocycles. The molecule has 0 fully saturated rings. The van der Waals surface area contributed by atoms with E-state index in [0.717, 1.165) is 6.92 Å². The number of aliphatic hydroxyl groups is 4. The van der Waals surface area contributed by atoms with E-state index in [9.17, 15) is 0 Å². The van der Waals surface area contributed by atoms with Crippen molar-refractivity contribution in [2.45, 2.75) is 31.8 Å². The summed E-state index contributed by atoms with van der Waals surface area (Å²) in [6, 6.07) is 0. The Bertz CT molecular complexity index is 192. The lowest BCUT2D eigenvalue weighted by Crippen LogP contribution is -2.51. The molecule has 0 unspecified atom stereocenters. The van der Waals surface area contributed by atoms with Crippen LogP contribution in [0.5, 0.6) is 0 Å². The highest BCUT2D eigenvalue weighted by Gasteiger charge is 2.40. The minimum absolute atomic E-state index is 0.128. The van der Waals surface area contributed by atoms with Crippen LogP contribution >= 0.6 is 7.82 Å². The Morgan fingerprint density at radius 1 is 1.07 bits per heavy atom. The first-order valence-corrected chi connectivity index (χ1v) is 5.05. The average Bonchev–Trinajstić information content (AvgIpc) is 1.81. The van der Waals surface area contributed by atoms with Gasteiger partial charge in [0.25, 0.3) is 0 Å². The van der Waals surface area contributed by atoms with Gasteiger partial charge in [0.05, 0.1) is 0 Å². The lowest BCUT2D eigenvalue weighted by Gasteiger charge is -2.30. The van der Waals surface area contributed by atoms with Crippen LogP contribution in [-0.2, 0) is 4.57 Å². The summed E-state index contributed by atoms with van der Waals surface area (Å²) in [4.78, 5) is 21.6. The van der Waals surface area contributed by atoms with Crippen LogP contribution in [0.4, 0.5) is 0 Å². The summed E-state index contributed by atoms with van der Waals surface area (Å²) in [5.41, 5.74) is 0. The second-order valence-corrected chi connectivity index (χ2v) is 3.73. The molecular weight excluding hydrogens is 219 g/mol. The maximum absolute atomic E-state index is 8.88. The number of phosphoric acid groups is 1. The summed E-state index contributed by atoms with van der Waals surface area (Å²) in [5, 5.41) is 34.6. The van der Waals surface area contributed by atoms with Crippen molar-refractivity contribution in [2.24, 2.45) is 0 Å². The van der Waals surface area contributed by atoms with Crippen LogP contribution in [0.1, 0.15) is 20.3 Å². The van der Waals surface area contributed by atoms with E-state index in [4.69, 9.17) is 39.7 Å². The van der Waals surface area contributed by atoms with Crippen LogP contribution in [0, 0.1) is 0 Å². The molecule has 0 radical (unpaired) electrons. The smallest absolute Gasteiger partial charge is 0.362 e. The topological polar surface area (TPSA) is 159 Å². The van der Waals surface area contributed by atoms with Gasteiger partial charge in [0.1, 0.15) is 0 Å². The molecule has 0 saturated heterocycles. The highest BCUT2D eigenvalue weighted by Crippen LogP contribution is 2.25. The zero-order valence-electron chi connectivity index (χ0n) is 7.69. The molecule has 0 rings (SSSR count). The van der Waals surface area contributed by atoms with Crippen molar-refractivity contribution in [3.8, 4) is 0 Å². The van der Waals surface area contributed by atoms with Gasteiger partial charge in [-0.05, 0) is 6.92 Å². The fourth-order valence-electron chi connectivity index (χ4n) is 0.335. The third-order valence-electron chi connectivity index (χ3n) is 1.25. The third kappa shape index (κ3) is 10.0. The lowest BCUT2D eigenvalue weighted by molar-refractivity contribution is -0.348. The summed E-state index contributed by atoms with van der Waals surface area (Å²) in [6.07, 6.45) is -0.128. The second-order valence-electron chi connectivity index (χ2n) is 2.70. The van der Waals surface area contributed by atoms with Gasteiger partial charge < -0.3 is 35.1 Å². The monoisotopic (exact) mass is 234 g/mol. The van der Waals surface area contributed by atoms with Crippen molar-refractivity contribution in [3.05, 3.63) is 0 Å². The summed E-state index contributed by atoms with van der Waals surface area (Å²) in [7, 11) is -4.64. The Morgan fingerprint density at radius 3 is 1.29 bits per heavy atom. The predicted octanol–water partition coefficient (Wildman–Crippen LogP) is -2.15. The van der Waals surface area contributed by atoms with E-state index in [1.165, 1.54) is 6.92 Å². The summed E-state index contributed by atoms with van der Waals surface area (Å²) < 4.78 is 8.88. The third-order valence-corrected chi connectivity index (χ3v) is 1.25. The molecule has 0 aliphatic heterocycles. The van der Waals surface area contributed by atoms with Gasteiger partial charge in [0.15, 0.2) is 0 Å². The van der Waals surface area contributed by atoms with Gasteiger partial charge in [-0.2, -0.15) is 0 Å². The molecule has 0 aromatic rings. The van der Waals surface area contributed by atoms with Gasteiger partial charge in [-0.1, -0.05) is 6.92 Å². The highest BCUT2D eigenvalue weighted by molar-refractivity contribution is 7.45. The molecule has 0 aromatic carbocycles. The maximum Gasteiger partial charge on any atom is 0.466 e. The molecule has 0 aromatic heterocycles. The molecule has 0 heterocycles. The Hall–Kier alpha value is -0.0500. The molecule has 8 nitrogen and oxygen atoms in total. The first-order valence-electron chi connectivity index (χ1n) is 3.49. The molecule has 7 N–H and O–H groups in total. The molecule has 0 aliphatic rings. The van der Waals surface area contributed by atoms with Crippen LogP contribution < -0.4 is 0 Å². The van der Waals surface area contributed by atoms with E-state index in [0.29, 0.717) is 0 Å². The molecule has 0 bridgehead atoms. The van der Waals surface area contributed by atoms with Crippen molar-refractivity contribution in [3.63, 3.8) is 0 Å². The highest BCUT2D eigenvalue weighted by atomic mass is 31.2. The number of hydrogen-bond acceptors (Lipinski definition) is 5. The van der Waals surface area contributed by atoms with Crippen molar-refractivity contribution in [1.29, 1.82) is 0 Å². The Labute approximate surface area is 80.3 Å². The first-order chi connectivity index (χ1) is 5.81. The Balaban J connectivity index is 0. The van der Waals surface area contributed by atoms with Crippen LogP contribution in [0.3, 0.4) is 0 Å².